The van der Waals surface area contributed by atoms with Crippen molar-refractivity contribution in [2.45, 2.75) is 25.8 Å². The molecule has 1 aromatic heterocycles. The highest BCUT2D eigenvalue weighted by Crippen LogP contribution is 2.35. The summed E-state index contributed by atoms with van der Waals surface area (Å²) in [6.45, 7) is 3.27. The number of aryl methyl sites for hydroxylation is 1. The number of hydrogen-bond donors (Lipinski definition) is 0. The maximum absolute atomic E-state index is 12.9. The summed E-state index contributed by atoms with van der Waals surface area (Å²) in [5.74, 6) is 1.08. The van der Waals surface area contributed by atoms with Crippen LogP contribution in [0, 0.1) is 6.92 Å². The summed E-state index contributed by atoms with van der Waals surface area (Å²) in [5, 5.41) is 1.07. The molecule has 4 aromatic rings. The molecular formula is C25H21Cl2N3O. The van der Waals surface area contributed by atoms with E-state index in [1.54, 1.807) is 0 Å². The van der Waals surface area contributed by atoms with Crippen molar-refractivity contribution < 1.29 is 4.79 Å². The van der Waals surface area contributed by atoms with Crippen molar-refractivity contribution in [3.8, 4) is 0 Å². The Bertz CT molecular complexity index is 1300. The van der Waals surface area contributed by atoms with E-state index in [1.165, 1.54) is 0 Å². The Morgan fingerprint density at radius 1 is 1.00 bits per heavy atom. The molecule has 31 heavy (non-hydrogen) atoms. The molecule has 0 N–H and O–H groups in total. The number of nitrogens with zero attached hydrogens (tertiary/aromatic N) is 3. The highest BCUT2D eigenvalue weighted by Gasteiger charge is 2.35. The van der Waals surface area contributed by atoms with Gasteiger partial charge in [-0.05, 0) is 48.4 Å². The quantitative estimate of drug-likeness (QED) is 0.370. The molecule has 1 unspecified atom stereocenters. The Labute approximate surface area is 191 Å². The molecule has 4 nitrogen and oxygen atoms in total. The first-order valence-corrected chi connectivity index (χ1v) is 11.0. The Balaban J connectivity index is 1.54. The van der Waals surface area contributed by atoms with Gasteiger partial charge in [0.25, 0.3) is 0 Å². The van der Waals surface area contributed by atoms with E-state index < -0.39 is 0 Å². The summed E-state index contributed by atoms with van der Waals surface area (Å²) in [6.07, 6.45) is 0.443. The topological polar surface area (TPSA) is 38.1 Å². The molecular weight excluding hydrogens is 429 g/mol. The number of aromatic nitrogens is 2. The molecule has 1 aliphatic heterocycles. The van der Waals surface area contributed by atoms with Gasteiger partial charge in [-0.2, -0.15) is 0 Å². The van der Waals surface area contributed by atoms with Crippen LogP contribution in [0.15, 0.2) is 66.7 Å². The Hall–Kier alpha value is -2.82. The van der Waals surface area contributed by atoms with E-state index in [4.69, 9.17) is 28.2 Å². The highest BCUT2D eigenvalue weighted by atomic mass is 35.5. The maximum Gasteiger partial charge on any atom is 0.227 e. The summed E-state index contributed by atoms with van der Waals surface area (Å²) < 4.78 is 2.20. The van der Waals surface area contributed by atoms with Crippen LogP contribution in [-0.2, 0) is 11.3 Å². The summed E-state index contributed by atoms with van der Waals surface area (Å²) in [4.78, 5) is 19.8. The van der Waals surface area contributed by atoms with Crippen molar-refractivity contribution in [3.05, 3.63) is 93.7 Å². The van der Waals surface area contributed by atoms with E-state index >= 15 is 0 Å². The van der Waals surface area contributed by atoms with Crippen LogP contribution in [0.1, 0.15) is 29.3 Å². The Kier molecular flexibility index (Phi) is 5.20. The number of carbonyl (C=O) groups is 1. The number of halogens is 2. The van der Waals surface area contributed by atoms with Crippen LogP contribution in [0.5, 0.6) is 0 Å². The summed E-state index contributed by atoms with van der Waals surface area (Å²) in [7, 11) is 0. The largest absolute Gasteiger partial charge is 0.323 e. The molecule has 6 heteroatoms. The van der Waals surface area contributed by atoms with Gasteiger partial charge in [0.15, 0.2) is 0 Å². The smallest absolute Gasteiger partial charge is 0.227 e. The zero-order valence-electron chi connectivity index (χ0n) is 17.1. The van der Waals surface area contributed by atoms with Gasteiger partial charge >= 0.3 is 0 Å². The van der Waals surface area contributed by atoms with Crippen LogP contribution < -0.4 is 4.90 Å². The van der Waals surface area contributed by atoms with E-state index in [0.717, 1.165) is 33.7 Å². The number of carbonyl (C=O) groups excluding carboxylic acids is 1. The van der Waals surface area contributed by atoms with Crippen LogP contribution in [0.3, 0.4) is 0 Å². The van der Waals surface area contributed by atoms with E-state index in [1.807, 2.05) is 72.5 Å². The van der Waals surface area contributed by atoms with Gasteiger partial charge in [-0.25, -0.2) is 4.98 Å². The zero-order valence-corrected chi connectivity index (χ0v) is 18.6. The molecule has 0 bridgehead atoms. The lowest BCUT2D eigenvalue weighted by Gasteiger charge is -2.19. The average Bonchev–Trinajstić information content (AvgIpc) is 3.32. The minimum absolute atomic E-state index is 0.0160. The molecule has 0 saturated carbocycles. The third-order valence-corrected chi connectivity index (χ3v) is 6.64. The van der Waals surface area contributed by atoms with Crippen molar-refractivity contribution in [1.29, 1.82) is 0 Å². The zero-order chi connectivity index (χ0) is 21.5. The van der Waals surface area contributed by atoms with Gasteiger partial charge in [0.05, 0.1) is 21.1 Å². The predicted octanol–water partition coefficient (Wildman–Crippen LogP) is 6.22. The molecule has 3 aromatic carbocycles. The van der Waals surface area contributed by atoms with Crippen LogP contribution in [0.25, 0.3) is 11.0 Å². The summed E-state index contributed by atoms with van der Waals surface area (Å²) in [6, 6.07) is 21.8. The SMILES string of the molecule is Cc1ccccc1N1CC(c2nc3ccccc3n2Cc2ccc(Cl)c(Cl)c2)CC1=O. The third-order valence-electron chi connectivity index (χ3n) is 5.91. The van der Waals surface area contributed by atoms with Crippen LogP contribution >= 0.6 is 23.2 Å². The van der Waals surface area contributed by atoms with Crippen LogP contribution in [0.4, 0.5) is 5.69 Å². The lowest BCUT2D eigenvalue weighted by Crippen LogP contribution is -2.25. The molecule has 5 rings (SSSR count). The normalized spacial score (nSPS) is 16.4. The number of imidazole rings is 1. The fourth-order valence-electron chi connectivity index (χ4n) is 4.37. The average molecular weight is 450 g/mol. The number of fused-ring (bicyclic) bond motifs is 1. The first-order chi connectivity index (χ1) is 15.0. The molecule has 156 valence electrons. The lowest BCUT2D eigenvalue weighted by atomic mass is 10.1. The number of anilines is 1. The van der Waals surface area contributed by atoms with Crippen molar-refractivity contribution >= 4 is 45.8 Å². The van der Waals surface area contributed by atoms with Gasteiger partial charge in [-0.15, -0.1) is 0 Å². The summed E-state index contributed by atoms with van der Waals surface area (Å²) in [5.41, 5.74) is 5.09. The van der Waals surface area contributed by atoms with Gasteiger partial charge in [0.1, 0.15) is 5.82 Å². The molecule has 0 aliphatic carbocycles. The van der Waals surface area contributed by atoms with Crippen molar-refractivity contribution in [3.63, 3.8) is 0 Å². The minimum Gasteiger partial charge on any atom is -0.323 e. The lowest BCUT2D eigenvalue weighted by molar-refractivity contribution is -0.117. The van der Waals surface area contributed by atoms with Gasteiger partial charge in [-0.3, -0.25) is 4.79 Å². The number of amides is 1. The number of para-hydroxylation sites is 3. The van der Waals surface area contributed by atoms with E-state index in [0.29, 0.717) is 29.6 Å². The Morgan fingerprint density at radius 3 is 2.58 bits per heavy atom. The second-order valence-electron chi connectivity index (χ2n) is 7.99. The molecule has 1 saturated heterocycles. The molecule has 0 spiro atoms. The van der Waals surface area contributed by atoms with E-state index in [2.05, 4.69) is 10.6 Å². The summed E-state index contributed by atoms with van der Waals surface area (Å²) >= 11 is 12.4. The van der Waals surface area contributed by atoms with Crippen molar-refractivity contribution in [2.24, 2.45) is 0 Å². The predicted molar refractivity (Wildman–Crippen MR) is 126 cm³/mol. The van der Waals surface area contributed by atoms with Crippen molar-refractivity contribution in [2.75, 3.05) is 11.4 Å². The molecule has 0 radical (unpaired) electrons. The van der Waals surface area contributed by atoms with E-state index in [-0.39, 0.29) is 11.8 Å². The molecule has 1 amide bonds. The van der Waals surface area contributed by atoms with Crippen LogP contribution in [-0.4, -0.2) is 22.0 Å². The molecule has 1 aliphatic rings. The second-order valence-corrected chi connectivity index (χ2v) is 8.80. The fraction of sp³-hybridized carbons (Fsp3) is 0.200. The maximum atomic E-state index is 12.9. The first-order valence-electron chi connectivity index (χ1n) is 10.3. The van der Waals surface area contributed by atoms with Gasteiger partial charge in [-0.1, -0.05) is 59.6 Å². The monoisotopic (exact) mass is 449 g/mol. The molecule has 2 heterocycles. The highest BCUT2D eigenvalue weighted by molar-refractivity contribution is 6.42. The molecule has 1 atom stereocenters. The van der Waals surface area contributed by atoms with Gasteiger partial charge in [0, 0.05) is 31.1 Å². The van der Waals surface area contributed by atoms with Crippen molar-refractivity contribution in [1.82, 2.24) is 9.55 Å². The van der Waals surface area contributed by atoms with Crippen LogP contribution in [0.2, 0.25) is 10.0 Å². The fourth-order valence-corrected chi connectivity index (χ4v) is 4.69. The second kappa shape index (κ2) is 8.03. The van der Waals surface area contributed by atoms with Gasteiger partial charge < -0.3 is 9.47 Å². The van der Waals surface area contributed by atoms with Gasteiger partial charge in [0.2, 0.25) is 5.91 Å². The number of rotatable bonds is 4. The number of benzene rings is 3. The molecule has 1 fully saturated rings. The Morgan fingerprint density at radius 2 is 1.77 bits per heavy atom. The minimum atomic E-state index is 0.0160. The van der Waals surface area contributed by atoms with E-state index in [9.17, 15) is 4.79 Å². The first kappa shape index (κ1) is 20.1. The number of hydrogen-bond acceptors (Lipinski definition) is 2. The third kappa shape index (κ3) is 3.71. The standard InChI is InChI=1S/C25H21Cl2N3O/c1-16-6-2-4-8-22(16)29-15-18(13-24(29)31)25-28-21-7-3-5-9-23(21)30(25)14-17-10-11-19(26)20(27)12-17/h2-12,18H,13-15H2,1H3.